The van der Waals surface area contributed by atoms with E-state index in [1.165, 1.54) is 0 Å². The first-order valence-corrected chi connectivity index (χ1v) is 5.09. The number of nitrogens with two attached hydrogens (primary N) is 1. The third-order valence-corrected chi connectivity index (χ3v) is 1.89. The molecule has 96 valence electrons. The van der Waals surface area contributed by atoms with Crippen LogP contribution in [0.5, 0.6) is 0 Å². The van der Waals surface area contributed by atoms with Crippen LogP contribution in [0.15, 0.2) is 12.7 Å². The standard InChI is InChI=1S/C10H17N3O4/c1-2-5-12-6-9(15)13-7(10(16)17)3-4-8(11)14/h2,7,12H,1,3-6H2,(H2,11,14)(H,13,15)(H,16,17)/t7-/m1/s1. The molecule has 0 saturated heterocycles. The van der Waals surface area contributed by atoms with Crippen molar-refractivity contribution >= 4 is 17.8 Å². The lowest BCUT2D eigenvalue weighted by molar-refractivity contribution is -0.142. The Morgan fingerprint density at radius 2 is 2.06 bits per heavy atom. The Balaban J connectivity index is 4.06. The molecule has 0 aliphatic carbocycles. The van der Waals surface area contributed by atoms with Crippen molar-refractivity contribution in [2.24, 2.45) is 5.73 Å². The zero-order valence-electron chi connectivity index (χ0n) is 9.44. The van der Waals surface area contributed by atoms with Gasteiger partial charge in [-0.3, -0.25) is 9.59 Å². The molecule has 0 spiro atoms. The van der Waals surface area contributed by atoms with Gasteiger partial charge in [-0.15, -0.1) is 6.58 Å². The summed E-state index contributed by atoms with van der Waals surface area (Å²) in [5, 5.41) is 13.8. The highest BCUT2D eigenvalue weighted by Gasteiger charge is 2.19. The fourth-order valence-corrected chi connectivity index (χ4v) is 1.08. The number of hydrogen-bond donors (Lipinski definition) is 4. The summed E-state index contributed by atoms with van der Waals surface area (Å²) in [5.74, 6) is -2.25. The van der Waals surface area contributed by atoms with E-state index in [1.54, 1.807) is 6.08 Å². The molecule has 0 saturated carbocycles. The summed E-state index contributed by atoms with van der Waals surface area (Å²) >= 11 is 0. The highest BCUT2D eigenvalue weighted by molar-refractivity contribution is 5.85. The highest BCUT2D eigenvalue weighted by Crippen LogP contribution is 1.97. The van der Waals surface area contributed by atoms with E-state index in [1.807, 2.05) is 0 Å². The minimum Gasteiger partial charge on any atom is -0.480 e. The molecule has 0 aliphatic rings. The fourth-order valence-electron chi connectivity index (χ4n) is 1.08. The first-order valence-electron chi connectivity index (χ1n) is 5.09. The molecule has 17 heavy (non-hydrogen) atoms. The van der Waals surface area contributed by atoms with E-state index >= 15 is 0 Å². The number of hydrogen-bond acceptors (Lipinski definition) is 4. The van der Waals surface area contributed by atoms with Gasteiger partial charge in [0.1, 0.15) is 6.04 Å². The summed E-state index contributed by atoms with van der Waals surface area (Å²) in [6.07, 6.45) is 1.48. The van der Waals surface area contributed by atoms with Crippen molar-refractivity contribution in [2.45, 2.75) is 18.9 Å². The van der Waals surface area contributed by atoms with Crippen LogP contribution in [0.4, 0.5) is 0 Å². The minimum atomic E-state index is -1.19. The van der Waals surface area contributed by atoms with Crippen LogP contribution in [0.3, 0.4) is 0 Å². The maximum absolute atomic E-state index is 11.3. The second-order valence-corrected chi connectivity index (χ2v) is 3.38. The summed E-state index contributed by atoms with van der Waals surface area (Å²) in [4.78, 5) is 32.6. The zero-order valence-corrected chi connectivity index (χ0v) is 9.44. The molecule has 0 unspecified atom stereocenters. The van der Waals surface area contributed by atoms with E-state index < -0.39 is 23.8 Å². The van der Waals surface area contributed by atoms with Crippen molar-refractivity contribution in [1.82, 2.24) is 10.6 Å². The molecule has 0 aliphatic heterocycles. The van der Waals surface area contributed by atoms with E-state index in [4.69, 9.17) is 10.8 Å². The van der Waals surface area contributed by atoms with Crippen LogP contribution in [-0.4, -0.2) is 42.0 Å². The summed E-state index contributed by atoms with van der Waals surface area (Å²) < 4.78 is 0. The number of primary amides is 1. The van der Waals surface area contributed by atoms with Gasteiger partial charge in [-0.05, 0) is 6.42 Å². The van der Waals surface area contributed by atoms with Crippen molar-refractivity contribution in [2.75, 3.05) is 13.1 Å². The Bertz CT molecular complexity index is 304. The third-order valence-electron chi connectivity index (χ3n) is 1.89. The Morgan fingerprint density at radius 3 is 2.53 bits per heavy atom. The SMILES string of the molecule is C=CCNCC(=O)N[C@H](CCC(N)=O)C(=O)O. The van der Waals surface area contributed by atoms with Crippen molar-refractivity contribution in [1.29, 1.82) is 0 Å². The summed E-state index contributed by atoms with van der Waals surface area (Å²) in [6, 6.07) is -1.10. The predicted octanol–water partition coefficient (Wildman–Crippen LogP) is -1.40. The van der Waals surface area contributed by atoms with Crippen LogP contribution in [-0.2, 0) is 14.4 Å². The van der Waals surface area contributed by atoms with E-state index in [9.17, 15) is 14.4 Å². The van der Waals surface area contributed by atoms with Crippen molar-refractivity contribution in [3.63, 3.8) is 0 Å². The molecule has 0 rings (SSSR count). The van der Waals surface area contributed by atoms with Gasteiger partial charge in [-0.2, -0.15) is 0 Å². The van der Waals surface area contributed by atoms with Gasteiger partial charge in [-0.25, -0.2) is 4.79 Å². The first kappa shape index (κ1) is 15.1. The van der Waals surface area contributed by atoms with Gasteiger partial charge < -0.3 is 21.5 Å². The molecule has 0 aromatic rings. The van der Waals surface area contributed by atoms with Crippen LogP contribution in [0.1, 0.15) is 12.8 Å². The smallest absolute Gasteiger partial charge is 0.326 e. The second kappa shape index (κ2) is 8.28. The lowest BCUT2D eigenvalue weighted by Crippen LogP contribution is -2.45. The minimum absolute atomic E-state index is 0.00757. The lowest BCUT2D eigenvalue weighted by atomic mass is 10.1. The number of carboxylic acids is 1. The van der Waals surface area contributed by atoms with Gasteiger partial charge in [0.25, 0.3) is 0 Å². The van der Waals surface area contributed by atoms with E-state index in [2.05, 4.69) is 17.2 Å². The average Bonchev–Trinajstić information content (AvgIpc) is 2.23. The predicted molar refractivity (Wildman–Crippen MR) is 61.1 cm³/mol. The summed E-state index contributed by atoms with van der Waals surface area (Å²) in [7, 11) is 0. The molecule has 7 heteroatoms. The average molecular weight is 243 g/mol. The molecular formula is C10H17N3O4. The Kier molecular flexibility index (Phi) is 7.36. The molecule has 7 nitrogen and oxygen atoms in total. The van der Waals surface area contributed by atoms with E-state index in [0.717, 1.165) is 0 Å². The largest absolute Gasteiger partial charge is 0.480 e. The normalized spacial score (nSPS) is 11.5. The molecule has 0 bridgehead atoms. The van der Waals surface area contributed by atoms with Crippen LogP contribution in [0.25, 0.3) is 0 Å². The van der Waals surface area contributed by atoms with Gasteiger partial charge >= 0.3 is 5.97 Å². The van der Waals surface area contributed by atoms with Crippen LogP contribution >= 0.6 is 0 Å². The van der Waals surface area contributed by atoms with E-state index in [0.29, 0.717) is 6.54 Å². The van der Waals surface area contributed by atoms with Gasteiger partial charge in [0, 0.05) is 13.0 Å². The lowest BCUT2D eigenvalue weighted by Gasteiger charge is -2.13. The molecule has 5 N–H and O–H groups in total. The van der Waals surface area contributed by atoms with Gasteiger partial charge in [-0.1, -0.05) is 6.08 Å². The maximum atomic E-state index is 11.3. The topological polar surface area (TPSA) is 122 Å². The molecule has 2 amide bonds. The molecule has 0 radical (unpaired) electrons. The molecule has 0 aromatic heterocycles. The van der Waals surface area contributed by atoms with Crippen LogP contribution in [0, 0.1) is 0 Å². The zero-order chi connectivity index (χ0) is 13.3. The fraction of sp³-hybridized carbons (Fsp3) is 0.500. The molecule has 0 fully saturated rings. The number of carboxylic acid groups (broad SMARTS) is 1. The molecular weight excluding hydrogens is 226 g/mol. The van der Waals surface area contributed by atoms with Crippen molar-refractivity contribution < 1.29 is 19.5 Å². The van der Waals surface area contributed by atoms with Crippen LogP contribution in [0.2, 0.25) is 0 Å². The number of carbonyl (C=O) groups is 3. The van der Waals surface area contributed by atoms with Crippen LogP contribution < -0.4 is 16.4 Å². The monoisotopic (exact) mass is 243 g/mol. The molecule has 1 atom stereocenters. The Morgan fingerprint density at radius 1 is 1.41 bits per heavy atom. The quantitative estimate of drug-likeness (QED) is 0.293. The van der Waals surface area contributed by atoms with Gasteiger partial charge in [0.05, 0.1) is 6.54 Å². The third kappa shape index (κ3) is 7.97. The number of amides is 2. The van der Waals surface area contributed by atoms with Crippen molar-refractivity contribution in [3.05, 3.63) is 12.7 Å². The van der Waals surface area contributed by atoms with Gasteiger partial charge in [0.15, 0.2) is 0 Å². The maximum Gasteiger partial charge on any atom is 0.326 e. The molecule has 0 aromatic carbocycles. The second-order valence-electron chi connectivity index (χ2n) is 3.38. The van der Waals surface area contributed by atoms with Crippen molar-refractivity contribution in [3.8, 4) is 0 Å². The van der Waals surface area contributed by atoms with E-state index in [-0.39, 0.29) is 19.4 Å². The number of rotatable bonds is 9. The summed E-state index contributed by atoms with van der Waals surface area (Å²) in [5.41, 5.74) is 4.90. The molecule has 0 heterocycles. The summed E-state index contributed by atoms with van der Waals surface area (Å²) in [6.45, 7) is 3.90. The number of nitrogens with one attached hydrogen (secondary N) is 2. The Labute approximate surface area is 99.1 Å². The Hall–Kier alpha value is -1.89. The first-order chi connectivity index (χ1) is 7.97. The number of carbonyl (C=O) groups excluding carboxylic acids is 2. The highest BCUT2D eigenvalue weighted by atomic mass is 16.4. The van der Waals surface area contributed by atoms with Gasteiger partial charge in [0.2, 0.25) is 11.8 Å². The number of aliphatic carboxylic acids is 1.